The summed E-state index contributed by atoms with van der Waals surface area (Å²) in [6.07, 6.45) is 1.75. The molecule has 2 N–H and O–H groups in total. The lowest BCUT2D eigenvalue weighted by Gasteiger charge is -2.32. The second-order valence-electron chi connectivity index (χ2n) is 9.57. The summed E-state index contributed by atoms with van der Waals surface area (Å²) >= 11 is 0. The zero-order valence-electron chi connectivity index (χ0n) is 21.0. The van der Waals surface area contributed by atoms with Crippen molar-refractivity contribution in [2.45, 2.75) is 52.4 Å². The second-order valence-corrected chi connectivity index (χ2v) is 9.57. The van der Waals surface area contributed by atoms with E-state index in [0.717, 1.165) is 16.9 Å². The van der Waals surface area contributed by atoms with Crippen LogP contribution in [0.1, 0.15) is 49.2 Å². The lowest BCUT2D eigenvalue weighted by Crippen LogP contribution is -2.41. The molecular weight excluding hydrogens is 443 g/mol. The van der Waals surface area contributed by atoms with E-state index in [1.807, 2.05) is 58.9 Å². The van der Waals surface area contributed by atoms with Crippen molar-refractivity contribution in [2.24, 2.45) is 0 Å². The third-order valence-electron chi connectivity index (χ3n) is 6.50. The number of ether oxygens (including phenoxy) is 1. The van der Waals surface area contributed by atoms with Crippen LogP contribution in [0.25, 0.3) is 0 Å². The Kier molecular flexibility index (Phi) is 6.83. The maximum absolute atomic E-state index is 12.6. The quantitative estimate of drug-likeness (QED) is 0.388. The highest BCUT2D eigenvalue weighted by atomic mass is 16.7. The molecule has 0 saturated carbocycles. The molecule has 9 heteroatoms. The van der Waals surface area contributed by atoms with E-state index in [1.54, 1.807) is 18.3 Å². The van der Waals surface area contributed by atoms with Gasteiger partial charge in [-0.2, -0.15) is 4.98 Å². The first-order valence-electron chi connectivity index (χ1n) is 11.6. The number of nitrogens with zero attached hydrogens (tertiary/aromatic N) is 2. The van der Waals surface area contributed by atoms with Gasteiger partial charge in [0, 0.05) is 24.0 Å². The Balaban J connectivity index is 1.56. The van der Waals surface area contributed by atoms with Gasteiger partial charge in [0.2, 0.25) is 5.95 Å². The Labute approximate surface area is 206 Å². The average molecular weight is 474 g/mol. The molecule has 35 heavy (non-hydrogen) atoms. The summed E-state index contributed by atoms with van der Waals surface area (Å²) in [4.78, 5) is 21.6. The monoisotopic (exact) mass is 474 g/mol. The lowest BCUT2D eigenvalue weighted by molar-refractivity contribution is 0.00578. The van der Waals surface area contributed by atoms with Gasteiger partial charge in [0.1, 0.15) is 5.82 Å². The number of nitrogens with one attached hydrogen (secondary N) is 2. The van der Waals surface area contributed by atoms with Crippen LogP contribution in [0, 0.1) is 6.92 Å². The average Bonchev–Trinajstić information content (AvgIpc) is 3.06. The van der Waals surface area contributed by atoms with Crippen LogP contribution >= 0.6 is 0 Å². The molecule has 1 aliphatic heterocycles. The number of rotatable bonds is 7. The van der Waals surface area contributed by atoms with E-state index in [-0.39, 0.29) is 0 Å². The van der Waals surface area contributed by atoms with Gasteiger partial charge >= 0.3 is 13.1 Å². The molecule has 3 aromatic rings. The Morgan fingerprint density at radius 3 is 2.40 bits per heavy atom. The molecule has 1 fully saturated rings. The minimum atomic E-state index is -0.687. The second kappa shape index (κ2) is 9.68. The molecule has 0 aliphatic carbocycles. The fraction of sp³-hybridized carbons (Fsp3) is 0.346. The molecule has 1 aromatic heterocycles. The Morgan fingerprint density at radius 2 is 1.74 bits per heavy atom. The van der Waals surface area contributed by atoms with Gasteiger partial charge in [0.25, 0.3) is 0 Å². The van der Waals surface area contributed by atoms with Gasteiger partial charge in [-0.05, 0) is 57.8 Å². The normalized spacial score (nSPS) is 16.1. The van der Waals surface area contributed by atoms with Gasteiger partial charge in [0.15, 0.2) is 0 Å². The van der Waals surface area contributed by atoms with Crippen molar-refractivity contribution in [3.63, 3.8) is 0 Å². The van der Waals surface area contributed by atoms with Crippen molar-refractivity contribution in [1.29, 1.82) is 0 Å². The Morgan fingerprint density at radius 1 is 1.06 bits per heavy atom. The summed E-state index contributed by atoms with van der Waals surface area (Å²) in [7, 11) is 0.664. The van der Waals surface area contributed by atoms with Crippen LogP contribution in [0.4, 0.5) is 17.5 Å². The standard InChI is InChI=1S/C26H31BN4O4/c1-17-15-29-24(31-22(17)28-16-18-10-8-7-9-11-18)30-19-12-13-21(20(14-19)23(32)33-6)27-34-25(2,3)26(4,5)35-27/h7-15H,16H2,1-6H3,(H2,28,29,30,31). The highest BCUT2D eigenvalue weighted by Gasteiger charge is 2.52. The maximum atomic E-state index is 12.6. The fourth-order valence-electron chi connectivity index (χ4n) is 3.69. The molecule has 0 bridgehead atoms. The predicted molar refractivity (Wildman–Crippen MR) is 137 cm³/mol. The molecule has 0 radical (unpaired) electrons. The number of carbonyl (C=O) groups is 1. The highest BCUT2D eigenvalue weighted by Crippen LogP contribution is 2.37. The van der Waals surface area contributed by atoms with Gasteiger partial charge in [-0.25, -0.2) is 9.78 Å². The van der Waals surface area contributed by atoms with Crippen LogP contribution in [-0.2, 0) is 20.6 Å². The van der Waals surface area contributed by atoms with Crippen LogP contribution in [0.5, 0.6) is 0 Å². The van der Waals surface area contributed by atoms with E-state index in [9.17, 15) is 4.79 Å². The van der Waals surface area contributed by atoms with E-state index < -0.39 is 24.3 Å². The number of benzene rings is 2. The first-order valence-corrected chi connectivity index (χ1v) is 11.6. The van der Waals surface area contributed by atoms with Crippen molar-refractivity contribution in [2.75, 3.05) is 17.7 Å². The first-order chi connectivity index (χ1) is 16.6. The number of carbonyl (C=O) groups excluding carboxylic acids is 1. The predicted octanol–water partition coefficient (Wildman–Crippen LogP) is 4.23. The number of esters is 1. The summed E-state index contributed by atoms with van der Waals surface area (Å²) in [5, 5.41) is 6.55. The highest BCUT2D eigenvalue weighted by molar-refractivity contribution is 6.63. The zero-order valence-corrected chi connectivity index (χ0v) is 21.0. The van der Waals surface area contributed by atoms with Crippen molar-refractivity contribution in [3.8, 4) is 0 Å². The number of aryl methyl sites for hydroxylation is 1. The number of aromatic nitrogens is 2. The van der Waals surface area contributed by atoms with Gasteiger partial charge in [-0.15, -0.1) is 0 Å². The molecule has 0 spiro atoms. The largest absolute Gasteiger partial charge is 0.495 e. The van der Waals surface area contributed by atoms with Crippen molar-refractivity contribution >= 4 is 36.0 Å². The molecule has 1 aliphatic rings. The van der Waals surface area contributed by atoms with Gasteiger partial charge < -0.3 is 24.7 Å². The lowest BCUT2D eigenvalue weighted by atomic mass is 9.75. The van der Waals surface area contributed by atoms with Crippen LogP contribution in [0.3, 0.4) is 0 Å². The minimum Gasteiger partial charge on any atom is -0.465 e. The first kappa shape index (κ1) is 24.7. The van der Waals surface area contributed by atoms with Gasteiger partial charge in [0.05, 0.1) is 23.9 Å². The summed E-state index contributed by atoms with van der Waals surface area (Å²) in [5.41, 5.74) is 2.63. The molecule has 0 unspecified atom stereocenters. The SMILES string of the molecule is COC(=O)c1cc(Nc2ncc(C)c(NCc3ccccc3)n2)ccc1B1OC(C)(C)C(C)(C)O1. The van der Waals surface area contributed by atoms with Crippen molar-refractivity contribution < 1.29 is 18.8 Å². The Bertz CT molecular complexity index is 1200. The molecule has 0 amide bonds. The number of hydrogen-bond donors (Lipinski definition) is 2. The summed E-state index contributed by atoms with van der Waals surface area (Å²) in [6.45, 7) is 10.5. The fourth-order valence-corrected chi connectivity index (χ4v) is 3.69. The van der Waals surface area contributed by atoms with Gasteiger partial charge in [-0.1, -0.05) is 36.4 Å². The van der Waals surface area contributed by atoms with Crippen LogP contribution in [-0.4, -0.2) is 41.4 Å². The number of anilines is 3. The summed E-state index contributed by atoms with van der Waals surface area (Å²) in [5.74, 6) is 0.659. The van der Waals surface area contributed by atoms with E-state index in [4.69, 9.17) is 14.0 Å². The molecule has 8 nitrogen and oxygen atoms in total. The van der Waals surface area contributed by atoms with Crippen LogP contribution < -0.4 is 16.1 Å². The van der Waals surface area contributed by atoms with E-state index in [1.165, 1.54) is 7.11 Å². The van der Waals surface area contributed by atoms with Crippen LogP contribution in [0.15, 0.2) is 54.7 Å². The molecule has 182 valence electrons. The van der Waals surface area contributed by atoms with E-state index >= 15 is 0 Å². The third-order valence-corrected chi connectivity index (χ3v) is 6.50. The van der Waals surface area contributed by atoms with Crippen molar-refractivity contribution in [1.82, 2.24) is 9.97 Å². The molecule has 2 aromatic carbocycles. The number of methoxy groups -OCH3 is 1. The Hall–Kier alpha value is -3.43. The van der Waals surface area contributed by atoms with E-state index in [0.29, 0.717) is 29.2 Å². The molecule has 1 saturated heterocycles. The number of hydrogen-bond acceptors (Lipinski definition) is 8. The molecule has 2 heterocycles. The van der Waals surface area contributed by atoms with E-state index in [2.05, 4.69) is 32.7 Å². The van der Waals surface area contributed by atoms with Gasteiger partial charge in [-0.3, -0.25) is 0 Å². The van der Waals surface area contributed by atoms with Crippen LogP contribution in [0.2, 0.25) is 0 Å². The maximum Gasteiger partial charge on any atom is 0.495 e. The summed E-state index contributed by atoms with van der Waals surface area (Å²) < 4.78 is 17.3. The topological polar surface area (TPSA) is 94.6 Å². The molecular formula is C26H31BN4O4. The minimum absolute atomic E-state index is 0.352. The molecule has 0 atom stereocenters. The van der Waals surface area contributed by atoms with Crippen molar-refractivity contribution in [3.05, 3.63) is 71.4 Å². The molecule has 4 rings (SSSR count). The summed E-state index contributed by atoms with van der Waals surface area (Å²) in [6, 6.07) is 15.4. The third kappa shape index (κ3) is 5.31. The zero-order chi connectivity index (χ0) is 25.2. The smallest absolute Gasteiger partial charge is 0.465 e.